The number of carbonyl (C=O) groups is 1. The van der Waals surface area contributed by atoms with Crippen LogP contribution in [0.15, 0.2) is 35.6 Å². The molecule has 1 aliphatic heterocycles. The first kappa shape index (κ1) is 30.4. The molecule has 8 nitrogen and oxygen atoms in total. The van der Waals surface area contributed by atoms with Gasteiger partial charge in [0.05, 0.1) is 22.8 Å². The smallest absolute Gasteiger partial charge is 0.396 e. The van der Waals surface area contributed by atoms with E-state index in [2.05, 4.69) is 20.4 Å². The van der Waals surface area contributed by atoms with E-state index in [4.69, 9.17) is 9.57 Å². The Morgan fingerprint density at radius 3 is 2.75 bits per heavy atom. The Labute approximate surface area is 236 Å². The molecule has 1 saturated heterocycles. The largest absolute Gasteiger partial charge is 0.416 e. The van der Waals surface area contributed by atoms with Crippen molar-refractivity contribution in [3.8, 4) is 0 Å². The van der Waals surface area contributed by atoms with Crippen molar-refractivity contribution in [2.75, 3.05) is 26.8 Å². The zero-order valence-corrected chi connectivity index (χ0v) is 23.7. The van der Waals surface area contributed by atoms with Crippen LogP contribution in [-0.4, -0.2) is 65.5 Å². The molecule has 2 aromatic rings. The lowest BCUT2D eigenvalue weighted by Crippen LogP contribution is -2.43. The van der Waals surface area contributed by atoms with Crippen LogP contribution in [-0.2, 0) is 32.8 Å². The standard InChI is InChI=1S/C28H37F3N4O4S/c1-3-39-34-23(19-5-4-6-20(15-19)28(29,30)31)7-8-25(36)33-21-11-14-35(17-21)22-9-12-27(37,13-10-22)24-16-32-26(40-24)18-38-2/h4-6,15-16,21-22,37H,3,7-14,17-18H2,1-2H3,(H,33,36)/b34-23+. The van der Waals surface area contributed by atoms with Gasteiger partial charge in [-0.05, 0) is 56.7 Å². The Hall–Kier alpha value is -2.54. The van der Waals surface area contributed by atoms with E-state index in [9.17, 15) is 23.1 Å². The molecule has 1 saturated carbocycles. The highest BCUT2D eigenvalue weighted by atomic mass is 32.1. The van der Waals surface area contributed by atoms with E-state index in [1.807, 2.05) is 0 Å². The maximum Gasteiger partial charge on any atom is 0.416 e. The topological polar surface area (TPSA) is 96.3 Å². The van der Waals surface area contributed by atoms with Gasteiger partial charge in [0.2, 0.25) is 5.91 Å². The van der Waals surface area contributed by atoms with E-state index in [0.717, 1.165) is 54.4 Å². The van der Waals surface area contributed by atoms with Gasteiger partial charge in [-0.1, -0.05) is 17.3 Å². The first-order valence-electron chi connectivity index (χ1n) is 13.7. The first-order valence-corrected chi connectivity index (χ1v) is 14.5. The molecule has 2 N–H and O–H groups in total. The number of nitrogens with one attached hydrogen (secondary N) is 1. The highest BCUT2D eigenvalue weighted by Crippen LogP contribution is 2.41. The van der Waals surface area contributed by atoms with Crippen molar-refractivity contribution in [3.63, 3.8) is 0 Å². The molecule has 0 bridgehead atoms. The molecular formula is C28H37F3N4O4S. The van der Waals surface area contributed by atoms with Gasteiger partial charge in [0.15, 0.2) is 0 Å². The number of oxime groups is 1. The number of ether oxygens (including phenoxy) is 1. The molecule has 2 aliphatic rings. The van der Waals surface area contributed by atoms with E-state index >= 15 is 0 Å². The van der Waals surface area contributed by atoms with Gasteiger partial charge in [0.1, 0.15) is 17.2 Å². The first-order chi connectivity index (χ1) is 19.1. The normalized spacial score (nSPS) is 24.3. The lowest BCUT2D eigenvalue weighted by Gasteiger charge is -2.39. The summed E-state index contributed by atoms with van der Waals surface area (Å²) < 4.78 is 44.7. The number of likely N-dealkylation sites (tertiary alicyclic amines) is 1. The van der Waals surface area contributed by atoms with Gasteiger partial charge in [-0.3, -0.25) is 9.69 Å². The number of amides is 1. The predicted molar refractivity (Wildman–Crippen MR) is 146 cm³/mol. The Morgan fingerprint density at radius 2 is 2.05 bits per heavy atom. The van der Waals surface area contributed by atoms with Crippen molar-refractivity contribution in [2.45, 2.75) is 82.3 Å². The van der Waals surface area contributed by atoms with Crippen molar-refractivity contribution in [1.29, 1.82) is 0 Å². The number of rotatable bonds is 11. The van der Waals surface area contributed by atoms with Crippen LogP contribution in [0.2, 0.25) is 0 Å². The number of aromatic nitrogens is 1. The summed E-state index contributed by atoms with van der Waals surface area (Å²) in [5, 5.41) is 19.2. The van der Waals surface area contributed by atoms with Gasteiger partial charge < -0.3 is 20.0 Å². The number of thiazole rings is 1. The number of methoxy groups -OCH3 is 1. The zero-order valence-electron chi connectivity index (χ0n) is 22.9. The Kier molecular flexibility index (Phi) is 10.2. The van der Waals surface area contributed by atoms with Crippen LogP contribution >= 0.6 is 11.3 Å². The molecule has 2 heterocycles. The van der Waals surface area contributed by atoms with Crippen LogP contribution < -0.4 is 5.32 Å². The summed E-state index contributed by atoms with van der Waals surface area (Å²) in [6, 6.07) is 5.26. The highest BCUT2D eigenvalue weighted by molar-refractivity contribution is 7.11. The highest BCUT2D eigenvalue weighted by Gasteiger charge is 2.39. The monoisotopic (exact) mass is 582 g/mol. The van der Waals surface area contributed by atoms with E-state index in [0.29, 0.717) is 31.2 Å². The zero-order chi connectivity index (χ0) is 28.8. The summed E-state index contributed by atoms with van der Waals surface area (Å²) in [6.07, 6.45) is 1.43. The summed E-state index contributed by atoms with van der Waals surface area (Å²) in [6.45, 7) is 4.05. The quantitative estimate of drug-likeness (QED) is 0.291. The van der Waals surface area contributed by atoms with Crippen LogP contribution in [0.3, 0.4) is 0 Å². The van der Waals surface area contributed by atoms with Crippen molar-refractivity contribution in [1.82, 2.24) is 15.2 Å². The predicted octanol–water partition coefficient (Wildman–Crippen LogP) is 4.85. The Balaban J connectivity index is 1.26. The second-order valence-electron chi connectivity index (χ2n) is 10.4. The molecular weight excluding hydrogens is 545 g/mol. The minimum atomic E-state index is -4.47. The fourth-order valence-electron chi connectivity index (χ4n) is 5.44. The lowest BCUT2D eigenvalue weighted by atomic mass is 9.81. The second kappa shape index (κ2) is 13.4. The third kappa shape index (κ3) is 7.80. The molecule has 0 radical (unpaired) electrons. The Bertz CT molecular complexity index is 1160. The average molecular weight is 583 g/mol. The molecule has 12 heteroatoms. The van der Waals surface area contributed by atoms with Crippen molar-refractivity contribution < 1.29 is 32.6 Å². The van der Waals surface area contributed by atoms with Gasteiger partial charge in [0, 0.05) is 51.3 Å². The summed E-state index contributed by atoms with van der Waals surface area (Å²) in [5.41, 5.74) is -1.03. The van der Waals surface area contributed by atoms with Gasteiger partial charge in [-0.25, -0.2) is 4.98 Å². The SMILES string of the molecule is CCO/N=C(\CCC(=O)NC1CCN(C2CCC(O)(c3cnc(COC)s3)CC2)C1)c1cccc(C(F)(F)F)c1. The molecule has 1 aromatic heterocycles. The fraction of sp³-hybridized carbons (Fsp3) is 0.607. The maximum absolute atomic E-state index is 13.2. The lowest BCUT2D eigenvalue weighted by molar-refractivity contribution is -0.137. The third-order valence-electron chi connectivity index (χ3n) is 7.58. The molecule has 1 aromatic carbocycles. The Morgan fingerprint density at radius 1 is 1.27 bits per heavy atom. The molecule has 4 rings (SSSR count). The second-order valence-corrected chi connectivity index (χ2v) is 11.5. The van der Waals surface area contributed by atoms with Gasteiger partial charge in [-0.2, -0.15) is 13.2 Å². The summed E-state index contributed by atoms with van der Waals surface area (Å²) in [5.74, 6) is -0.168. The maximum atomic E-state index is 13.2. The van der Waals surface area contributed by atoms with Gasteiger partial charge in [-0.15, -0.1) is 11.3 Å². The molecule has 1 unspecified atom stereocenters. The van der Waals surface area contributed by atoms with Crippen molar-refractivity contribution in [3.05, 3.63) is 51.5 Å². The van der Waals surface area contributed by atoms with Crippen LogP contribution in [0, 0.1) is 0 Å². The number of nitrogens with zero attached hydrogens (tertiary/aromatic N) is 3. The summed E-state index contributed by atoms with van der Waals surface area (Å²) >= 11 is 1.50. The molecule has 220 valence electrons. The molecule has 1 atom stereocenters. The summed E-state index contributed by atoms with van der Waals surface area (Å²) in [4.78, 5) is 25.5. The molecule has 1 aliphatic carbocycles. The molecule has 2 fully saturated rings. The van der Waals surface area contributed by atoms with Crippen molar-refractivity contribution in [2.24, 2.45) is 5.16 Å². The number of aliphatic hydroxyl groups is 1. The van der Waals surface area contributed by atoms with E-state index in [-0.39, 0.29) is 37.0 Å². The number of halogens is 3. The van der Waals surface area contributed by atoms with Crippen LogP contribution in [0.4, 0.5) is 13.2 Å². The van der Waals surface area contributed by atoms with E-state index < -0.39 is 17.3 Å². The van der Waals surface area contributed by atoms with Crippen molar-refractivity contribution >= 4 is 23.0 Å². The minimum Gasteiger partial charge on any atom is -0.396 e. The third-order valence-corrected chi connectivity index (χ3v) is 8.74. The number of hydrogen-bond donors (Lipinski definition) is 2. The summed E-state index contributed by atoms with van der Waals surface area (Å²) in [7, 11) is 1.63. The number of carbonyl (C=O) groups excluding carboxylic acids is 1. The van der Waals surface area contributed by atoms with Gasteiger partial charge in [0.25, 0.3) is 0 Å². The molecule has 0 spiro atoms. The minimum absolute atomic E-state index is 0.00671. The fourth-order valence-corrected chi connectivity index (χ4v) is 6.47. The number of hydrogen-bond acceptors (Lipinski definition) is 8. The van der Waals surface area contributed by atoms with Crippen LogP contribution in [0.5, 0.6) is 0 Å². The van der Waals surface area contributed by atoms with Gasteiger partial charge >= 0.3 is 6.18 Å². The number of benzene rings is 1. The number of alkyl halides is 3. The van der Waals surface area contributed by atoms with Crippen LogP contribution in [0.25, 0.3) is 0 Å². The molecule has 1 amide bonds. The van der Waals surface area contributed by atoms with Crippen LogP contribution in [0.1, 0.15) is 72.9 Å². The van der Waals surface area contributed by atoms with E-state index in [1.165, 1.54) is 17.4 Å². The molecule has 40 heavy (non-hydrogen) atoms. The van der Waals surface area contributed by atoms with E-state index in [1.54, 1.807) is 26.3 Å². The average Bonchev–Trinajstić information content (AvgIpc) is 3.59.